The average molecular weight is 399 g/mol. The number of carbonyl (C=O) groups is 2. The van der Waals surface area contributed by atoms with E-state index in [0.717, 1.165) is 0 Å². The molecule has 0 aliphatic carbocycles. The summed E-state index contributed by atoms with van der Waals surface area (Å²) in [6, 6.07) is 8.60. The summed E-state index contributed by atoms with van der Waals surface area (Å²) in [5.74, 6) is -1.06. The van der Waals surface area contributed by atoms with Crippen molar-refractivity contribution in [2.75, 3.05) is 7.11 Å². The largest absolute Gasteiger partial charge is 0.497 e. The van der Waals surface area contributed by atoms with Crippen LogP contribution in [0.3, 0.4) is 0 Å². The molecule has 0 radical (unpaired) electrons. The van der Waals surface area contributed by atoms with Crippen molar-refractivity contribution in [3.63, 3.8) is 0 Å². The van der Waals surface area contributed by atoms with Gasteiger partial charge in [0.2, 0.25) is 0 Å². The summed E-state index contributed by atoms with van der Waals surface area (Å²) in [6.45, 7) is 1.95. The van der Waals surface area contributed by atoms with Gasteiger partial charge in [0.15, 0.2) is 0 Å². The number of aliphatic carboxylic acids is 2. The summed E-state index contributed by atoms with van der Waals surface area (Å²) in [4.78, 5) is 35.4. The molecular weight excluding hydrogens is 378 g/mol. The van der Waals surface area contributed by atoms with E-state index in [-0.39, 0.29) is 30.3 Å². The number of aryl methyl sites for hydroxylation is 1. The van der Waals surface area contributed by atoms with Gasteiger partial charge in [-0.2, -0.15) is 0 Å². The highest BCUT2D eigenvalue weighted by Crippen LogP contribution is 2.33. The minimum Gasteiger partial charge on any atom is -0.497 e. The topological polar surface area (TPSA) is 119 Å². The van der Waals surface area contributed by atoms with E-state index in [1.54, 1.807) is 44.4 Å². The quantitative estimate of drug-likeness (QED) is 0.597. The van der Waals surface area contributed by atoms with Crippen LogP contribution >= 0.6 is 0 Å². The molecule has 3 rings (SSSR count). The third-order valence-corrected chi connectivity index (χ3v) is 4.71. The second-order valence-corrected chi connectivity index (χ2v) is 6.69. The van der Waals surface area contributed by atoms with Gasteiger partial charge in [0.1, 0.15) is 17.1 Å². The van der Waals surface area contributed by atoms with Crippen molar-refractivity contribution in [2.24, 2.45) is 0 Å². The molecule has 0 atom stereocenters. The second-order valence-electron chi connectivity index (χ2n) is 6.69. The Labute approximate surface area is 166 Å². The van der Waals surface area contributed by atoms with Crippen LogP contribution in [0.1, 0.15) is 24.1 Å². The molecule has 0 bridgehead atoms. The zero-order valence-corrected chi connectivity index (χ0v) is 16.1. The first kappa shape index (κ1) is 20.2. The van der Waals surface area contributed by atoms with E-state index in [2.05, 4.69) is 0 Å². The smallest absolute Gasteiger partial charge is 0.307 e. The Morgan fingerprint density at radius 1 is 1.14 bits per heavy atom. The number of carboxylic acids is 2. The van der Waals surface area contributed by atoms with Crippen LogP contribution < -0.4 is 10.3 Å². The molecule has 8 heteroatoms. The van der Waals surface area contributed by atoms with Gasteiger partial charge in [0.05, 0.1) is 18.9 Å². The maximum absolute atomic E-state index is 13.1. The highest BCUT2D eigenvalue weighted by molar-refractivity contribution is 5.91. The summed E-state index contributed by atoms with van der Waals surface area (Å²) in [5.41, 5.74) is 1.47. The number of aromatic nitrogens is 1. The molecule has 0 unspecified atom stereocenters. The molecule has 3 aromatic rings. The number of ether oxygens (including phenoxy) is 1. The van der Waals surface area contributed by atoms with Gasteiger partial charge in [-0.15, -0.1) is 0 Å². The SMILES string of the molecule is COc1ccc(-c2oc3cc(C)n(CCCC(=O)O)c(=O)c3c2CC(=O)O)cc1. The van der Waals surface area contributed by atoms with Gasteiger partial charge in [-0.3, -0.25) is 14.4 Å². The fraction of sp³-hybridized carbons (Fsp3) is 0.286. The van der Waals surface area contributed by atoms with Crippen LogP contribution in [-0.2, 0) is 22.6 Å². The molecule has 0 saturated carbocycles. The Morgan fingerprint density at radius 3 is 2.41 bits per heavy atom. The first-order valence-corrected chi connectivity index (χ1v) is 9.05. The highest BCUT2D eigenvalue weighted by atomic mass is 16.5. The first-order valence-electron chi connectivity index (χ1n) is 9.05. The van der Waals surface area contributed by atoms with Crippen LogP contribution in [0.15, 0.2) is 39.5 Å². The standard InChI is InChI=1S/C21H21NO7/c1-12-10-16-19(21(27)22(12)9-3-4-17(23)24)15(11-18(25)26)20(29-16)13-5-7-14(28-2)8-6-13/h5-8,10H,3-4,9,11H2,1-2H3,(H,23,24)(H,25,26). The number of rotatable bonds is 8. The number of furan rings is 1. The van der Waals surface area contributed by atoms with Crippen LogP contribution in [0.5, 0.6) is 5.75 Å². The molecule has 0 aliphatic heterocycles. The molecular formula is C21H21NO7. The summed E-state index contributed by atoms with van der Waals surface area (Å²) in [7, 11) is 1.54. The lowest BCUT2D eigenvalue weighted by atomic mass is 10.0. The van der Waals surface area contributed by atoms with E-state index in [4.69, 9.17) is 14.3 Å². The van der Waals surface area contributed by atoms with Gasteiger partial charge < -0.3 is 23.9 Å². The fourth-order valence-electron chi connectivity index (χ4n) is 3.35. The Bertz CT molecular complexity index is 1120. The molecule has 0 amide bonds. The number of benzene rings is 1. The number of pyridine rings is 1. The molecule has 0 spiro atoms. The lowest BCUT2D eigenvalue weighted by Crippen LogP contribution is -2.23. The lowest BCUT2D eigenvalue weighted by molar-refractivity contribution is -0.137. The normalized spacial score (nSPS) is 11.0. The number of carboxylic acid groups (broad SMARTS) is 2. The number of methoxy groups -OCH3 is 1. The maximum Gasteiger partial charge on any atom is 0.307 e. The van der Waals surface area contributed by atoms with Crippen molar-refractivity contribution in [1.29, 1.82) is 0 Å². The van der Waals surface area contributed by atoms with Crippen molar-refractivity contribution >= 4 is 22.9 Å². The zero-order chi connectivity index (χ0) is 21.1. The number of nitrogens with zero attached hydrogens (tertiary/aromatic N) is 1. The van der Waals surface area contributed by atoms with Gasteiger partial charge in [0, 0.05) is 35.9 Å². The number of hydrogen-bond donors (Lipinski definition) is 2. The third kappa shape index (κ3) is 4.16. The van der Waals surface area contributed by atoms with E-state index < -0.39 is 11.9 Å². The van der Waals surface area contributed by atoms with Crippen LogP contribution in [0.25, 0.3) is 22.3 Å². The minimum absolute atomic E-state index is 0.0611. The Kier molecular flexibility index (Phi) is 5.72. The monoisotopic (exact) mass is 399 g/mol. The summed E-state index contributed by atoms with van der Waals surface area (Å²) in [6.07, 6.45) is -0.144. The van der Waals surface area contributed by atoms with E-state index in [0.29, 0.717) is 40.3 Å². The summed E-state index contributed by atoms with van der Waals surface area (Å²) < 4.78 is 12.5. The molecule has 2 heterocycles. The minimum atomic E-state index is -1.08. The number of hydrogen-bond acceptors (Lipinski definition) is 5. The summed E-state index contributed by atoms with van der Waals surface area (Å²) >= 11 is 0. The van der Waals surface area contributed by atoms with Crippen molar-refractivity contribution in [3.8, 4) is 17.1 Å². The van der Waals surface area contributed by atoms with Crippen molar-refractivity contribution in [2.45, 2.75) is 32.7 Å². The van der Waals surface area contributed by atoms with E-state index in [9.17, 15) is 19.5 Å². The Hall–Kier alpha value is -3.55. The van der Waals surface area contributed by atoms with Gasteiger partial charge >= 0.3 is 11.9 Å². The maximum atomic E-state index is 13.1. The lowest BCUT2D eigenvalue weighted by Gasteiger charge is -2.09. The van der Waals surface area contributed by atoms with E-state index in [1.165, 1.54) is 4.57 Å². The molecule has 2 aromatic heterocycles. The van der Waals surface area contributed by atoms with Gasteiger partial charge in [0.25, 0.3) is 5.56 Å². The average Bonchev–Trinajstić information content (AvgIpc) is 3.01. The van der Waals surface area contributed by atoms with Crippen molar-refractivity contribution in [3.05, 3.63) is 51.9 Å². The molecule has 1 aromatic carbocycles. The zero-order valence-electron chi connectivity index (χ0n) is 16.1. The fourth-order valence-corrected chi connectivity index (χ4v) is 3.35. The molecule has 152 valence electrons. The van der Waals surface area contributed by atoms with Crippen LogP contribution in [0.2, 0.25) is 0 Å². The molecule has 0 saturated heterocycles. The van der Waals surface area contributed by atoms with Crippen LogP contribution in [0.4, 0.5) is 0 Å². The Balaban J connectivity index is 2.17. The van der Waals surface area contributed by atoms with Gasteiger partial charge in [-0.05, 0) is 37.6 Å². The molecule has 0 fully saturated rings. The molecule has 8 nitrogen and oxygen atoms in total. The predicted molar refractivity (Wildman–Crippen MR) is 105 cm³/mol. The van der Waals surface area contributed by atoms with Gasteiger partial charge in [-0.1, -0.05) is 0 Å². The predicted octanol–water partition coefficient (Wildman–Crippen LogP) is 3.07. The summed E-state index contributed by atoms with van der Waals surface area (Å²) in [5, 5.41) is 18.4. The molecule has 29 heavy (non-hydrogen) atoms. The molecule has 0 aliphatic rings. The highest BCUT2D eigenvalue weighted by Gasteiger charge is 2.22. The first-order chi connectivity index (χ1) is 13.8. The third-order valence-electron chi connectivity index (χ3n) is 4.71. The number of fused-ring (bicyclic) bond motifs is 1. The van der Waals surface area contributed by atoms with E-state index >= 15 is 0 Å². The van der Waals surface area contributed by atoms with Crippen LogP contribution in [0, 0.1) is 6.92 Å². The Morgan fingerprint density at radius 2 is 1.83 bits per heavy atom. The second kappa shape index (κ2) is 8.22. The molecule has 2 N–H and O–H groups in total. The van der Waals surface area contributed by atoms with Crippen molar-refractivity contribution < 1.29 is 29.0 Å². The van der Waals surface area contributed by atoms with Gasteiger partial charge in [-0.25, -0.2) is 0 Å². The van der Waals surface area contributed by atoms with Crippen molar-refractivity contribution in [1.82, 2.24) is 4.57 Å². The van der Waals surface area contributed by atoms with Crippen LogP contribution in [-0.4, -0.2) is 33.8 Å². The van der Waals surface area contributed by atoms with E-state index in [1.807, 2.05) is 0 Å².